The average molecular weight is 503 g/mol. The Hall–Kier alpha value is -4.04. The van der Waals surface area contributed by atoms with Gasteiger partial charge in [0.05, 0.1) is 18.0 Å². The summed E-state index contributed by atoms with van der Waals surface area (Å²) in [6.07, 6.45) is 3.74. The first-order chi connectivity index (χ1) is 17.6. The van der Waals surface area contributed by atoms with E-state index in [1.165, 1.54) is 29.2 Å². The Labute approximate surface area is 211 Å². The summed E-state index contributed by atoms with van der Waals surface area (Å²) in [6, 6.07) is 23.2. The summed E-state index contributed by atoms with van der Waals surface area (Å²) in [4.78, 5) is 27.0. The minimum absolute atomic E-state index is 0.109. The number of aromatic nitrogens is 1. The van der Waals surface area contributed by atoms with Crippen molar-refractivity contribution in [2.24, 2.45) is 0 Å². The molecule has 0 unspecified atom stereocenters. The molecule has 0 atom stereocenters. The van der Waals surface area contributed by atoms with Crippen molar-refractivity contribution in [3.05, 3.63) is 101 Å². The van der Waals surface area contributed by atoms with Crippen LogP contribution in [0.1, 0.15) is 5.56 Å². The summed E-state index contributed by atoms with van der Waals surface area (Å²) in [7, 11) is 0. The fourth-order valence-electron chi connectivity index (χ4n) is 3.97. The number of halogens is 1. The van der Waals surface area contributed by atoms with Gasteiger partial charge in [0, 0.05) is 22.7 Å². The molecule has 0 N–H and O–H groups in total. The molecule has 2 heterocycles. The number of hydrogen-bond acceptors (Lipinski definition) is 5. The first-order valence-electron chi connectivity index (χ1n) is 11.5. The van der Waals surface area contributed by atoms with E-state index in [-0.39, 0.29) is 30.1 Å². The van der Waals surface area contributed by atoms with Gasteiger partial charge in [0.2, 0.25) is 0 Å². The van der Waals surface area contributed by atoms with Crippen LogP contribution in [-0.2, 0) is 11.3 Å². The fraction of sp³-hybridized carbons (Fsp3) is 0.143. The minimum Gasteiger partial charge on any atom is -0.492 e. The molecule has 0 aliphatic carbocycles. The summed E-state index contributed by atoms with van der Waals surface area (Å²) in [5.74, 6) is 0.578. The topological polar surface area (TPSA) is 60.8 Å². The normalized spacial score (nSPS) is 14.7. The minimum atomic E-state index is -0.358. The SMILES string of the molecule is O=C1SC(=Cc2cn(CCOc3ccccc3)c3ccccc23)C(=O)N1CCOc1ccc(F)cc1. The van der Waals surface area contributed by atoms with Crippen LogP contribution in [0, 0.1) is 5.82 Å². The van der Waals surface area contributed by atoms with Gasteiger partial charge in [0.25, 0.3) is 11.1 Å². The highest BCUT2D eigenvalue weighted by Crippen LogP contribution is 2.34. The molecular formula is C28H23FN2O4S. The van der Waals surface area contributed by atoms with Crippen molar-refractivity contribution in [3.63, 3.8) is 0 Å². The van der Waals surface area contributed by atoms with Crippen molar-refractivity contribution >= 4 is 39.9 Å². The average Bonchev–Trinajstić information content (AvgIpc) is 3.37. The number of fused-ring (bicyclic) bond motifs is 1. The molecule has 1 aromatic heterocycles. The van der Waals surface area contributed by atoms with E-state index in [1.54, 1.807) is 6.08 Å². The number of nitrogens with zero attached hydrogens (tertiary/aromatic N) is 2. The highest BCUT2D eigenvalue weighted by atomic mass is 32.2. The van der Waals surface area contributed by atoms with Crippen molar-refractivity contribution in [3.8, 4) is 11.5 Å². The zero-order valence-electron chi connectivity index (χ0n) is 19.3. The molecule has 1 saturated heterocycles. The maximum absolute atomic E-state index is 13.0. The molecule has 1 aliphatic heterocycles. The van der Waals surface area contributed by atoms with Gasteiger partial charge >= 0.3 is 0 Å². The summed E-state index contributed by atoms with van der Waals surface area (Å²) in [5, 5.41) is 0.651. The van der Waals surface area contributed by atoms with Crippen molar-refractivity contribution in [1.82, 2.24) is 9.47 Å². The van der Waals surface area contributed by atoms with Gasteiger partial charge < -0.3 is 14.0 Å². The predicted molar refractivity (Wildman–Crippen MR) is 138 cm³/mol. The Morgan fingerprint density at radius 2 is 1.47 bits per heavy atom. The van der Waals surface area contributed by atoms with Crippen LogP contribution in [0.2, 0.25) is 0 Å². The third kappa shape index (κ3) is 5.28. The number of rotatable bonds is 9. The maximum atomic E-state index is 13.0. The Morgan fingerprint density at radius 1 is 0.806 bits per heavy atom. The zero-order chi connectivity index (χ0) is 24.9. The molecule has 1 fully saturated rings. The van der Waals surface area contributed by atoms with E-state index in [4.69, 9.17) is 9.47 Å². The lowest BCUT2D eigenvalue weighted by atomic mass is 10.1. The van der Waals surface area contributed by atoms with Crippen LogP contribution in [0.15, 0.2) is 90.0 Å². The van der Waals surface area contributed by atoms with Crippen LogP contribution >= 0.6 is 11.8 Å². The highest BCUT2D eigenvalue weighted by Gasteiger charge is 2.35. The van der Waals surface area contributed by atoms with Crippen molar-refractivity contribution in [1.29, 1.82) is 0 Å². The van der Waals surface area contributed by atoms with E-state index >= 15 is 0 Å². The molecule has 0 radical (unpaired) electrons. The molecular weight excluding hydrogens is 479 g/mol. The number of para-hydroxylation sites is 2. The van der Waals surface area contributed by atoms with Crippen molar-refractivity contribution in [2.45, 2.75) is 6.54 Å². The largest absolute Gasteiger partial charge is 0.492 e. The number of ether oxygens (including phenoxy) is 2. The first kappa shape index (κ1) is 23.7. The van der Waals surface area contributed by atoms with E-state index in [1.807, 2.05) is 60.8 Å². The van der Waals surface area contributed by atoms with Crippen LogP contribution in [-0.4, -0.2) is 40.4 Å². The fourth-order valence-corrected chi connectivity index (χ4v) is 4.83. The van der Waals surface area contributed by atoms with Gasteiger partial charge in [-0.3, -0.25) is 14.5 Å². The summed E-state index contributed by atoms with van der Waals surface area (Å²) >= 11 is 0.917. The predicted octanol–water partition coefficient (Wildman–Crippen LogP) is 5.97. The molecule has 8 heteroatoms. The molecule has 0 spiro atoms. The van der Waals surface area contributed by atoms with Gasteiger partial charge in [-0.1, -0.05) is 36.4 Å². The van der Waals surface area contributed by atoms with Crippen molar-refractivity contribution in [2.75, 3.05) is 19.8 Å². The molecule has 0 saturated carbocycles. The van der Waals surface area contributed by atoms with E-state index < -0.39 is 0 Å². The van der Waals surface area contributed by atoms with Gasteiger partial charge in [0.15, 0.2) is 0 Å². The van der Waals surface area contributed by atoms with E-state index in [0.29, 0.717) is 23.8 Å². The van der Waals surface area contributed by atoms with Gasteiger partial charge in [-0.25, -0.2) is 4.39 Å². The third-order valence-corrected chi connectivity index (χ3v) is 6.63. The van der Waals surface area contributed by atoms with Crippen molar-refractivity contribution < 1.29 is 23.5 Å². The van der Waals surface area contributed by atoms with Crippen LogP contribution in [0.4, 0.5) is 9.18 Å². The van der Waals surface area contributed by atoms with E-state index in [2.05, 4.69) is 4.57 Å². The van der Waals surface area contributed by atoms with Crippen LogP contribution < -0.4 is 9.47 Å². The number of benzene rings is 3. The Kier molecular flexibility index (Phi) is 7.04. The third-order valence-electron chi connectivity index (χ3n) is 5.72. The second kappa shape index (κ2) is 10.7. The molecule has 2 amide bonds. The summed E-state index contributed by atoms with van der Waals surface area (Å²) in [5.41, 5.74) is 1.88. The summed E-state index contributed by atoms with van der Waals surface area (Å²) < 4.78 is 26.5. The van der Waals surface area contributed by atoms with Gasteiger partial charge in [0.1, 0.15) is 30.5 Å². The van der Waals surface area contributed by atoms with Crippen LogP contribution in [0.3, 0.4) is 0 Å². The second-order valence-corrected chi connectivity index (χ2v) is 9.09. The lowest BCUT2D eigenvalue weighted by Crippen LogP contribution is -2.32. The van der Waals surface area contributed by atoms with E-state index in [9.17, 15) is 14.0 Å². The highest BCUT2D eigenvalue weighted by molar-refractivity contribution is 8.18. The first-order valence-corrected chi connectivity index (χ1v) is 12.3. The molecule has 5 rings (SSSR count). The molecule has 6 nitrogen and oxygen atoms in total. The number of carbonyl (C=O) groups is 2. The quantitative estimate of drug-likeness (QED) is 0.264. The van der Waals surface area contributed by atoms with Gasteiger partial charge in [-0.05, 0) is 60.3 Å². The lowest BCUT2D eigenvalue weighted by Gasteiger charge is -2.13. The lowest BCUT2D eigenvalue weighted by molar-refractivity contribution is -0.123. The number of carbonyl (C=O) groups excluding carboxylic acids is 2. The van der Waals surface area contributed by atoms with Crippen LogP contribution in [0.25, 0.3) is 17.0 Å². The Bertz CT molecular complexity index is 1420. The molecule has 36 heavy (non-hydrogen) atoms. The summed E-state index contributed by atoms with van der Waals surface area (Å²) in [6.45, 7) is 1.35. The van der Waals surface area contributed by atoms with Crippen LogP contribution in [0.5, 0.6) is 11.5 Å². The zero-order valence-corrected chi connectivity index (χ0v) is 20.1. The van der Waals surface area contributed by atoms with Gasteiger partial charge in [-0.2, -0.15) is 0 Å². The monoisotopic (exact) mass is 502 g/mol. The number of amides is 2. The van der Waals surface area contributed by atoms with E-state index in [0.717, 1.165) is 34.0 Å². The molecule has 1 aliphatic rings. The Balaban J connectivity index is 1.27. The molecule has 182 valence electrons. The number of hydrogen-bond donors (Lipinski definition) is 0. The Morgan fingerprint density at radius 3 is 2.25 bits per heavy atom. The molecule has 4 aromatic rings. The molecule has 0 bridgehead atoms. The smallest absolute Gasteiger partial charge is 0.293 e. The number of thioether (sulfide) groups is 1. The van der Waals surface area contributed by atoms with Gasteiger partial charge in [-0.15, -0.1) is 0 Å². The number of imide groups is 1. The second-order valence-electron chi connectivity index (χ2n) is 8.09. The standard InChI is InChI=1S/C28H23FN2O4S/c29-21-10-12-23(13-11-21)35-17-15-31-27(32)26(36-28(31)33)18-20-19-30(25-9-5-4-8-24(20)25)14-16-34-22-6-2-1-3-7-22/h1-13,18-19H,14-17H2. The molecule has 3 aromatic carbocycles. The maximum Gasteiger partial charge on any atom is 0.293 e.